The van der Waals surface area contributed by atoms with Gasteiger partial charge < -0.3 is 0 Å². The highest BCUT2D eigenvalue weighted by Gasteiger charge is 2.00. The predicted molar refractivity (Wildman–Crippen MR) is 61.1 cm³/mol. The fourth-order valence-electron chi connectivity index (χ4n) is 1.10. The van der Waals surface area contributed by atoms with Crippen LogP contribution in [0, 0.1) is 0 Å². The number of benzene rings is 1. The maximum Gasteiger partial charge on any atom is 0.0387 e. The second-order valence-corrected chi connectivity index (χ2v) is 3.58. The molecule has 1 aromatic carbocycles. The van der Waals surface area contributed by atoms with Crippen LogP contribution in [0.4, 0.5) is 0 Å². The average Bonchev–Trinajstić information content (AvgIpc) is 2.04. The number of hydrogen-bond donors (Lipinski definition) is 1. The van der Waals surface area contributed by atoms with Crippen molar-refractivity contribution in [2.75, 3.05) is 13.3 Å². The van der Waals surface area contributed by atoms with Gasteiger partial charge in [-0.2, -0.15) is 0 Å². The first-order valence-electron chi connectivity index (χ1n) is 3.81. The molecule has 0 spiro atoms. The van der Waals surface area contributed by atoms with Gasteiger partial charge in [0, 0.05) is 18.5 Å². The summed E-state index contributed by atoms with van der Waals surface area (Å²) in [4.78, 5) is 1.30. The van der Waals surface area contributed by atoms with E-state index in [0.717, 1.165) is 6.54 Å². The van der Waals surface area contributed by atoms with Crippen LogP contribution in [0.2, 0.25) is 0 Å². The van der Waals surface area contributed by atoms with Gasteiger partial charge in [0.05, 0.1) is 0 Å². The summed E-state index contributed by atoms with van der Waals surface area (Å²) < 4.78 is 0. The summed E-state index contributed by atoms with van der Waals surface area (Å²) in [7, 11) is 1.87. The third kappa shape index (κ3) is 4.00. The highest BCUT2D eigenvalue weighted by molar-refractivity contribution is 7.98. The van der Waals surface area contributed by atoms with Gasteiger partial charge >= 0.3 is 0 Å². The van der Waals surface area contributed by atoms with Crippen LogP contribution in [0.25, 0.3) is 0 Å². The summed E-state index contributed by atoms with van der Waals surface area (Å²) >= 11 is 1.76. The van der Waals surface area contributed by atoms with Crippen molar-refractivity contribution in [3.8, 4) is 0 Å². The molecule has 0 radical (unpaired) electrons. The minimum atomic E-state index is 0. The Balaban J connectivity index is 0.00000144. The molecule has 13 heavy (non-hydrogen) atoms. The molecule has 0 aliphatic rings. The Morgan fingerprint density at radius 3 is 2.54 bits per heavy atom. The average molecular weight is 219 g/mol. The molecule has 0 fully saturated rings. The van der Waals surface area contributed by atoms with Crippen molar-refractivity contribution >= 4 is 24.2 Å². The molecule has 1 rings (SSSR count). The fraction of sp³-hybridized carbons (Fsp3) is 0.333. The molecule has 74 valence electrons. The van der Waals surface area contributed by atoms with Gasteiger partial charge in [-0.05, 0) is 17.9 Å². The predicted octanol–water partition coefficient (Wildman–Crippen LogP) is 2.14. The topological polar surface area (TPSA) is 29.3 Å². The van der Waals surface area contributed by atoms with E-state index in [9.17, 15) is 0 Å². The third-order valence-electron chi connectivity index (χ3n) is 1.61. The lowest BCUT2D eigenvalue weighted by atomic mass is 10.2. The second-order valence-electron chi connectivity index (χ2n) is 2.73. The Morgan fingerprint density at radius 2 is 2.00 bits per heavy atom. The number of rotatable bonds is 3. The maximum atomic E-state index is 5.57. The van der Waals surface area contributed by atoms with Gasteiger partial charge in [-0.3, -0.25) is 5.84 Å². The van der Waals surface area contributed by atoms with Gasteiger partial charge in [-0.1, -0.05) is 18.2 Å². The van der Waals surface area contributed by atoms with E-state index in [1.54, 1.807) is 16.8 Å². The molecule has 2 nitrogen and oxygen atoms in total. The summed E-state index contributed by atoms with van der Waals surface area (Å²) in [5, 5.41) is 1.69. The number of nitrogens with zero attached hydrogens (tertiary/aromatic N) is 1. The number of hydrogen-bond acceptors (Lipinski definition) is 3. The Bertz CT molecular complexity index is 253. The maximum absolute atomic E-state index is 5.57. The van der Waals surface area contributed by atoms with Crippen molar-refractivity contribution in [1.29, 1.82) is 0 Å². The molecule has 0 saturated heterocycles. The van der Waals surface area contributed by atoms with E-state index in [0.29, 0.717) is 0 Å². The van der Waals surface area contributed by atoms with Crippen LogP contribution in [0.15, 0.2) is 29.2 Å². The van der Waals surface area contributed by atoms with E-state index in [1.807, 2.05) is 19.2 Å². The molecule has 0 atom stereocenters. The normalized spacial score (nSPS) is 9.85. The molecular weight excluding hydrogens is 204 g/mol. The van der Waals surface area contributed by atoms with E-state index in [1.165, 1.54) is 10.5 Å². The Kier molecular flexibility index (Phi) is 6.16. The van der Waals surface area contributed by atoms with Crippen LogP contribution in [0.1, 0.15) is 5.56 Å². The summed E-state index contributed by atoms with van der Waals surface area (Å²) in [6.07, 6.45) is 2.08. The van der Waals surface area contributed by atoms with E-state index in [4.69, 9.17) is 5.84 Å². The zero-order valence-corrected chi connectivity index (χ0v) is 9.49. The van der Waals surface area contributed by atoms with E-state index in [-0.39, 0.29) is 12.4 Å². The van der Waals surface area contributed by atoms with Crippen LogP contribution < -0.4 is 5.84 Å². The van der Waals surface area contributed by atoms with Gasteiger partial charge in [-0.15, -0.1) is 24.2 Å². The van der Waals surface area contributed by atoms with Crippen molar-refractivity contribution in [2.24, 2.45) is 5.84 Å². The first-order valence-corrected chi connectivity index (χ1v) is 5.04. The second kappa shape index (κ2) is 6.27. The van der Waals surface area contributed by atoms with Crippen molar-refractivity contribution in [3.05, 3.63) is 29.8 Å². The van der Waals surface area contributed by atoms with Gasteiger partial charge in [0.2, 0.25) is 0 Å². The van der Waals surface area contributed by atoms with Crippen molar-refractivity contribution in [3.63, 3.8) is 0 Å². The van der Waals surface area contributed by atoms with Gasteiger partial charge in [0.1, 0.15) is 0 Å². The summed E-state index contributed by atoms with van der Waals surface area (Å²) in [5.74, 6) is 5.57. The molecule has 0 bridgehead atoms. The number of thioether (sulfide) groups is 1. The molecule has 0 saturated carbocycles. The smallest absolute Gasteiger partial charge is 0.0387 e. The minimum absolute atomic E-state index is 0. The molecule has 0 aromatic heterocycles. The quantitative estimate of drug-likeness (QED) is 0.479. The van der Waals surface area contributed by atoms with Crippen molar-refractivity contribution in [2.45, 2.75) is 11.4 Å². The Morgan fingerprint density at radius 1 is 1.38 bits per heavy atom. The molecule has 0 amide bonds. The zero-order valence-electron chi connectivity index (χ0n) is 7.86. The van der Waals surface area contributed by atoms with Gasteiger partial charge in [-0.25, -0.2) is 5.01 Å². The summed E-state index contributed by atoms with van der Waals surface area (Å²) in [5.41, 5.74) is 1.29. The SMILES string of the molecule is CSc1ccccc1CN(C)N.Cl. The minimum Gasteiger partial charge on any atom is -0.269 e. The molecule has 0 aliphatic carbocycles. The fourth-order valence-corrected chi connectivity index (χ4v) is 1.71. The summed E-state index contributed by atoms with van der Waals surface area (Å²) in [6.45, 7) is 0.803. The molecule has 0 heterocycles. The largest absolute Gasteiger partial charge is 0.269 e. The highest BCUT2D eigenvalue weighted by atomic mass is 35.5. The first kappa shape index (κ1) is 12.8. The van der Waals surface area contributed by atoms with Crippen LogP contribution in [0.5, 0.6) is 0 Å². The van der Waals surface area contributed by atoms with Crippen LogP contribution in [0.3, 0.4) is 0 Å². The van der Waals surface area contributed by atoms with Gasteiger partial charge in [0.25, 0.3) is 0 Å². The monoisotopic (exact) mass is 218 g/mol. The number of halogens is 1. The molecular formula is C9H15ClN2S. The Hall–Kier alpha value is -0.220. The lowest BCUT2D eigenvalue weighted by Crippen LogP contribution is -2.25. The first-order chi connectivity index (χ1) is 5.74. The molecule has 4 heteroatoms. The molecule has 2 N–H and O–H groups in total. The Labute approximate surface area is 89.9 Å². The summed E-state index contributed by atoms with van der Waals surface area (Å²) in [6, 6.07) is 8.31. The van der Waals surface area contributed by atoms with E-state index >= 15 is 0 Å². The lowest BCUT2D eigenvalue weighted by Gasteiger charge is -2.11. The van der Waals surface area contributed by atoms with Crippen molar-refractivity contribution in [1.82, 2.24) is 5.01 Å². The van der Waals surface area contributed by atoms with Crippen LogP contribution in [-0.4, -0.2) is 18.3 Å². The molecule has 1 aromatic rings. The number of hydrazine groups is 1. The standard InChI is InChI=1S/C9H14N2S.ClH/c1-11(10)7-8-5-3-4-6-9(8)12-2;/h3-6H,7,10H2,1-2H3;1H. The molecule has 0 unspecified atom stereocenters. The molecule has 0 aliphatic heterocycles. The van der Waals surface area contributed by atoms with Crippen LogP contribution >= 0.6 is 24.2 Å². The number of nitrogens with two attached hydrogens (primary N) is 1. The third-order valence-corrected chi connectivity index (χ3v) is 2.45. The van der Waals surface area contributed by atoms with E-state index < -0.39 is 0 Å². The zero-order chi connectivity index (χ0) is 8.97. The lowest BCUT2D eigenvalue weighted by molar-refractivity contribution is 0.339. The van der Waals surface area contributed by atoms with Crippen molar-refractivity contribution < 1.29 is 0 Å². The highest BCUT2D eigenvalue weighted by Crippen LogP contribution is 2.20. The van der Waals surface area contributed by atoms with Crippen LogP contribution in [-0.2, 0) is 6.54 Å². The van der Waals surface area contributed by atoms with Gasteiger partial charge in [0.15, 0.2) is 0 Å². The van der Waals surface area contributed by atoms with E-state index in [2.05, 4.69) is 18.4 Å².